The van der Waals surface area contributed by atoms with Gasteiger partial charge in [-0.2, -0.15) is 15.3 Å². The van der Waals surface area contributed by atoms with Crippen LogP contribution < -0.4 is 0 Å². The first-order chi connectivity index (χ1) is 13.9. The van der Waals surface area contributed by atoms with Crippen molar-refractivity contribution in [2.75, 3.05) is 7.05 Å². The number of hydrogen-bond donors (Lipinski definition) is 0. The fourth-order valence-corrected chi connectivity index (χ4v) is 3.41. The molecule has 0 saturated carbocycles. The summed E-state index contributed by atoms with van der Waals surface area (Å²) < 4.78 is 5.40. The summed E-state index contributed by atoms with van der Waals surface area (Å²) in [4.78, 5) is 19.2. The number of nitrogens with zero attached hydrogens (tertiary/aromatic N) is 8. The smallest absolute Gasteiger partial charge is 0.259 e. The van der Waals surface area contributed by atoms with Gasteiger partial charge in [0.2, 0.25) is 0 Å². The lowest BCUT2D eigenvalue weighted by Gasteiger charge is -2.16. The van der Waals surface area contributed by atoms with Crippen molar-refractivity contribution < 1.29 is 4.79 Å². The molecule has 9 heteroatoms. The molecule has 0 fully saturated rings. The Hall–Kier alpha value is -3.49. The third kappa shape index (κ3) is 3.18. The van der Waals surface area contributed by atoms with Crippen molar-refractivity contribution in [3.8, 4) is 11.3 Å². The molecule has 4 aromatic rings. The Kier molecular flexibility index (Phi) is 4.65. The van der Waals surface area contributed by atoms with Gasteiger partial charge in [-0.1, -0.05) is 0 Å². The summed E-state index contributed by atoms with van der Waals surface area (Å²) in [6.07, 6.45) is 7.07. The molecule has 0 aliphatic heterocycles. The number of carbonyl (C=O) groups excluding carboxylic acids is 1. The van der Waals surface area contributed by atoms with E-state index in [1.807, 2.05) is 44.8 Å². The number of fused-ring (bicyclic) bond motifs is 1. The Morgan fingerprint density at radius 1 is 1.21 bits per heavy atom. The maximum atomic E-state index is 13.1. The molecule has 0 atom stereocenters. The molecular weight excluding hydrogens is 368 g/mol. The van der Waals surface area contributed by atoms with E-state index in [4.69, 9.17) is 0 Å². The van der Waals surface area contributed by atoms with E-state index in [0.29, 0.717) is 17.8 Å². The van der Waals surface area contributed by atoms with Gasteiger partial charge >= 0.3 is 0 Å². The molecule has 4 rings (SSSR count). The molecule has 0 radical (unpaired) electrons. The maximum Gasteiger partial charge on any atom is 0.259 e. The van der Waals surface area contributed by atoms with E-state index in [1.54, 1.807) is 39.7 Å². The minimum atomic E-state index is -0.131. The minimum absolute atomic E-state index is 0.131. The summed E-state index contributed by atoms with van der Waals surface area (Å²) in [5.41, 5.74) is 5.79. The van der Waals surface area contributed by atoms with Gasteiger partial charge < -0.3 is 4.90 Å². The fourth-order valence-electron chi connectivity index (χ4n) is 3.41. The number of hydrogen-bond acceptors (Lipinski definition) is 5. The average molecular weight is 392 g/mol. The first-order valence-electron chi connectivity index (χ1n) is 9.50. The molecular formula is C20H24N8O. The zero-order valence-electron chi connectivity index (χ0n) is 17.3. The number of rotatable bonds is 5. The van der Waals surface area contributed by atoms with Gasteiger partial charge in [-0.3, -0.25) is 14.2 Å². The molecule has 29 heavy (non-hydrogen) atoms. The molecule has 150 valence electrons. The van der Waals surface area contributed by atoms with Crippen LogP contribution in [0.15, 0.2) is 30.9 Å². The predicted molar refractivity (Wildman–Crippen MR) is 108 cm³/mol. The first-order valence-corrected chi connectivity index (χ1v) is 9.50. The lowest BCUT2D eigenvalue weighted by Crippen LogP contribution is -2.26. The zero-order chi connectivity index (χ0) is 20.7. The lowest BCUT2D eigenvalue weighted by molar-refractivity contribution is 0.0786. The monoisotopic (exact) mass is 392 g/mol. The van der Waals surface area contributed by atoms with Gasteiger partial charge in [-0.05, 0) is 26.8 Å². The molecule has 0 aromatic carbocycles. The molecule has 0 spiro atoms. The Bertz CT molecular complexity index is 1200. The topological polar surface area (TPSA) is 86.1 Å². The molecule has 0 N–H and O–H groups in total. The SMILES string of the molecule is CCn1cc(-c2ccnc3c(C(=O)N(C)Cc4cnn(C)c4C)cnn23)c(C)n1. The Labute approximate surface area is 168 Å². The van der Waals surface area contributed by atoms with Crippen LogP contribution in [0.3, 0.4) is 0 Å². The van der Waals surface area contributed by atoms with E-state index < -0.39 is 0 Å². The summed E-state index contributed by atoms with van der Waals surface area (Å²) in [5.74, 6) is -0.131. The molecule has 0 aliphatic rings. The Balaban J connectivity index is 1.69. The highest BCUT2D eigenvalue weighted by molar-refractivity contribution is 5.99. The van der Waals surface area contributed by atoms with Crippen LogP contribution in [0, 0.1) is 13.8 Å². The van der Waals surface area contributed by atoms with E-state index in [2.05, 4.69) is 20.3 Å². The molecule has 4 heterocycles. The van der Waals surface area contributed by atoms with Crippen LogP contribution >= 0.6 is 0 Å². The zero-order valence-corrected chi connectivity index (χ0v) is 17.3. The predicted octanol–water partition coefficient (Wildman–Crippen LogP) is 2.24. The molecule has 9 nitrogen and oxygen atoms in total. The molecule has 4 aromatic heterocycles. The fraction of sp³-hybridized carbons (Fsp3) is 0.350. The van der Waals surface area contributed by atoms with E-state index >= 15 is 0 Å². The molecule has 1 amide bonds. The van der Waals surface area contributed by atoms with Gasteiger partial charge in [-0.25, -0.2) is 9.50 Å². The molecule has 0 saturated heterocycles. The largest absolute Gasteiger partial charge is 0.337 e. The second-order valence-electron chi connectivity index (χ2n) is 7.15. The third-order valence-electron chi connectivity index (χ3n) is 5.27. The normalized spacial score (nSPS) is 11.3. The summed E-state index contributed by atoms with van der Waals surface area (Å²) in [6, 6.07) is 1.89. The minimum Gasteiger partial charge on any atom is -0.337 e. The van der Waals surface area contributed by atoms with E-state index in [0.717, 1.165) is 34.8 Å². The van der Waals surface area contributed by atoms with Crippen LogP contribution in [0.1, 0.15) is 34.2 Å². The Morgan fingerprint density at radius 2 is 2.00 bits per heavy atom. The van der Waals surface area contributed by atoms with Crippen molar-refractivity contribution in [1.82, 2.24) is 39.1 Å². The average Bonchev–Trinajstić information content (AvgIpc) is 3.40. The summed E-state index contributed by atoms with van der Waals surface area (Å²) in [5, 5.41) is 13.2. The molecule has 0 bridgehead atoms. The van der Waals surface area contributed by atoms with Crippen LogP contribution in [0.25, 0.3) is 16.9 Å². The van der Waals surface area contributed by atoms with Crippen molar-refractivity contribution >= 4 is 11.6 Å². The van der Waals surface area contributed by atoms with Gasteiger partial charge in [0.1, 0.15) is 5.56 Å². The molecule has 0 aliphatic carbocycles. The van der Waals surface area contributed by atoms with Crippen LogP contribution in [0.2, 0.25) is 0 Å². The van der Waals surface area contributed by atoms with Gasteiger partial charge in [0, 0.05) is 56.4 Å². The van der Waals surface area contributed by atoms with Crippen LogP contribution in [-0.4, -0.2) is 52.0 Å². The van der Waals surface area contributed by atoms with Crippen LogP contribution in [0.4, 0.5) is 0 Å². The maximum absolute atomic E-state index is 13.1. The summed E-state index contributed by atoms with van der Waals surface area (Å²) >= 11 is 0. The Morgan fingerprint density at radius 3 is 2.66 bits per heavy atom. The van der Waals surface area contributed by atoms with Crippen molar-refractivity contribution in [3.63, 3.8) is 0 Å². The number of aromatic nitrogens is 7. The van der Waals surface area contributed by atoms with Crippen LogP contribution in [0.5, 0.6) is 0 Å². The van der Waals surface area contributed by atoms with Gasteiger partial charge in [0.05, 0.1) is 23.8 Å². The highest BCUT2D eigenvalue weighted by Gasteiger charge is 2.21. The van der Waals surface area contributed by atoms with Crippen LogP contribution in [-0.2, 0) is 20.1 Å². The number of carbonyl (C=O) groups is 1. The standard InChI is InChI=1S/C20H24N8O/c1-6-27-12-17(13(2)24-27)18-7-8-21-19-16(10-23-28(18)19)20(29)25(4)11-15-9-22-26(5)14(15)3/h7-10,12H,6,11H2,1-5H3. The quantitative estimate of drug-likeness (QED) is 0.520. The van der Waals surface area contributed by atoms with Crippen molar-refractivity contribution in [1.29, 1.82) is 0 Å². The van der Waals surface area contributed by atoms with Crippen molar-refractivity contribution in [3.05, 3.63) is 53.4 Å². The highest BCUT2D eigenvalue weighted by Crippen LogP contribution is 2.24. The highest BCUT2D eigenvalue weighted by atomic mass is 16.2. The second kappa shape index (κ2) is 7.16. The second-order valence-corrected chi connectivity index (χ2v) is 7.15. The first kappa shape index (κ1) is 18.9. The summed E-state index contributed by atoms with van der Waals surface area (Å²) in [7, 11) is 3.66. The summed E-state index contributed by atoms with van der Waals surface area (Å²) in [6.45, 7) is 7.26. The third-order valence-corrected chi connectivity index (χ3v) is 5.27. The van der Waals surface area contributed by atoms with Gasteiger partial charge in [-0.15, -0.1) is 0 Å². The lowest BCUT2D eigenvalue weighted by atomic mass is 10.2. The van der Waals surface area contributed by atoms with Gasteiger partial charge in [0.25, 0.3) is 5.91 Å². The van der Waals surface area contributed by atoms with Gasteiger partial charge in [0.15, 0.2) is 5.65 Å². The number of amides is 1. The van der Waals surface area contributed by atoms with E-state index in [1.165, 1.54) is 0 Å². The van der Waals surface area contributed by atoms with Crippen molar-refractivity contribution in [2.24, 2.45) is 7.05 Å². The molecule has 0 unspecified atom stereocenters. The van der Waals surface area contributed by atoms with E-state index in [-0.39, 0.29) is 5.91 Å². The van der Waals surface area contributed by atoms with Crippen molar-refractivity contribution in [2.45, 2.75) is 33.9 Å². The van der Waals surface area contributed by atoms with E-state index in [9.17, 15) is 4.79 Å². The number of aryl methyl sites for hydroxylation is 3.